The smallest absolute Gasteiger partial charge is 0.409 e. The molecule has 2 aromatic rings. The van der Waals surface area contributed by atoms with E-state index in [1.54, 1.807) is 12.2 Å². The van der Waals surface area contributed by atoms with Crippen LogP contribution in [0.1, 0.15) is 49.7 Å². The summed E-state index contributed by atoms with van der Waals surface area (Å²) >= 11 is 0. The molecule has 0 spiro atoms. The van der Waals surface area contributed by atoms with Gasteiger partial charge in [0, 0.05) is 12.0 Å². The summed E-state index contributed by atoms with van der Waals surface area (Å²) in [5.74, 6) is -2.51. The van der Waals surface area contributed by atoms with Crippen molar-refractivity contribution in [2.75, 3.05) is 6.61 Å². The van der Waals surface area contributed by atoms with Crippen LogP contribution in [0.3, 0.4) is 0 Å². The molecule has 188 valence electrons. The number of carboxylic acid groups (broad SMARTS) is 1. The number of hydrogen-bond acceptors (Lipinski definition) is 4. The van der Waals surface area contributed by atoms with E-state index < -0.39 is 49.1 Å². The number of carboxylic acids is 1. The van der Waals surface area contributed by atoms with Crippen molar-refractivity contribution in [3.05, 3.63) is 59.7 Å². The Balaban J connectivity index is 1.62. The number of amides is 2. The van der Waals surface area contributed by atoms with Crippen LogP contribution in [0.15, 0.2) is 48.5 Å². The minimum atomic E-state index is -4.91. The van der Waals surface area contributed by atoms with Crippen LogP contribution in [0.5, 0.6) is 0 Å². The molecule has 10 heteroatoms. The van der Waals surface area contributed by atoms with Crippen LogP contribution in [-0.4, -0.2) is 47.9 Å². The highest BCUT2D eigenvalue weighted by Crippen LogP contribution is 2.44. The second-order valence-corrected chi connectivity index (χ2v) is 8.42. The van der Waals surface area contributed by atoms with Gasteiger partial charge in [-0.2, -0.15) is 13.2 Å². The lowest BCUT2D eigenvalue weighted by atomic mass is 9.98. The highest BCUT2D eigenvalue weighted by atomic mass is 19.4. The molecular weight excluding hydrogens is 465 g/mol. The van der Waals surface area contributed by atoms with Gasteiger partial charge in [0.2, 0.25) is 5.91 Å². The molecule has 2 amide bonds. The predicted octanol–water partition coefficient (Wildman–Crippen LogP) is 4.61. The Morgan fingerprint density at radius 2 is 1.54 bits per heavy atom. The molecule has 35 heavy (non-hydrogen) atoms. The van der Waals surface area contributed by atoms with Crippen molar-refractivity contribution >= 4 is 18.0 Å². The van der Waals surface area contributed by atoms with E-state index in [4.69, 9.17) is 9.84 Å². The topological polar surface area (TPSA) is 105 Å². The third-order valence-corrected chi connectivity index (χ3v) is 5.84. The molecular formula is C25H27F3N2O5. The van der Waals surface area contributed by atoms with E-state index in [1.165, 1.54) is 0 Å². The highest BCUT2D eigenvalue weighted by Gasteiger charge is 2.43. The normalized spacial score (nSPS) is 14.4. The Hall–Kier alpha value is -3.56. The van der Waals surface area contributed by atoms with Crippen LogP contribution in [0.25, 0.3) is 11.1 Å². The number of carbonyl (C=O) groups excluding carboxylic acids is 2. The summed E-state index contributed by atoms with van der Waals surface area (Å²) in [5.41, 5.74) is 3.78. The summed E-state index contributed by atoms with van der Waals surface area (Å²) < 4.78 is 45.7. The van der Waals surface area contributed by atoms with Crippen LogP contribution in [0.4, 0.5) is 18.0 Å². The van der Waals surface area contributed by atoms with Crippen molar-refractivity contribution in [3.8, 4) is 11.1 Å². The number of benzene rings is 2. The van der Waals surface area contributed by atoms with Crippen molar-refractivity contribution in [2.24, 2.45) is 0 Å². The van der Waals surface area contributed by atoms with Gasteiger partial charge in [0.05, 0.1) is 12.8 Å². The number of rotatable bonds is 10. The summed E-state index contributed by atoms with van der Waals surface area (Å²) in [6.45, 7) is 1.59. The van der Waals surface area contributed by atoms with Gasteiger partial charge in [0.15, 0.2) is 0 Å². The lowest BCUT2D eigenvalue weighted by Crippen LogP contribution is -2.49. The number of carbonyl (C=O) groups is 3. The molecule has 3 N–H and O–H groups in total. The molecule has 1 unspecified atom stereocenters. The number of hydrogen-bond donors (Lipinski definition) is 3. The van der Waals surface area contributed by atoms with Gasteiger partial charge in [-0.3, -0.25) is 9.59 Å². The molecule has 1 aliphatic carbocycles. The van der Waals surface area contributed by atoms with Crippen LogP contribution in [0.2, 0.25) is 0 Å². The molecule has 2 aromatic carbocycles. The maximum Gasteiger partial charge on any atom is 0.409 e. The van der Waals surface area contributed by atoms with Gasteiger partial charge in [-0.25, -0.2) is 4.79 Å². The lowest BCUT2D eigenvalue weighted by Gasteiger charge is -2.23. The molecule has 0 bridgehead atoms. The van der Waals surface area contributed by atoms with Crippen molar-refractivity contribution in [1.29, 1.82) is 0 Å². The molecule has 0 fully saturated rings. The molecule has 0 aliphatic heterocycles. The van der Waals surface area contributed by atoms with Crippen molar-refractivity contribution < 1.29 is 37.4 Å². The summed E-state index contributed by atoms with van der Waals surface area (Å²) in [6, 6.07) is 11.8. The summed E-state index contributed by atoms with van der Waals surface area (Å²) in [7, 11) is 0. The Bertz CT molecular complexity index is 1030. The molecule has 7 nitrogen and oxygen atoms in total. The first-order valence-electron chi connectivity index (χ1n) is 11.3. The Labute approximate surface area is 200 Å². The van der Waals surface area contributed by atoms with E-state index in [0.717, 1.165) is 22.3 Å². The van der Waals surface area contributed by atoms with E-state index >= 15 is 0 Å². The summed E-state index contributed by atoms with van der Waals surface area (Å²) in [4.78, 5) is 35.4. The monoisotopic (exact) mass is 492 g/mol. The number of ether oxygens (including phenoxy) is 1. The van der Waals surface area contributed by atoms with Gasteiger partial charge in [-0.05, 0) is 28.7 Å². The minimum Gasteiger partial charge on any atom is -0.481 e. The fourth-order valence-electron chi connectivity index (χ4n) is 4.29. The molecule has 3 rings (SSSR count). The average Bonchev–Trinajstić information content (AvgIpc) is 3.10. The van der Waals surface area contributed by atoms with Gasteiger partial charge in [0.25, 0.3) is 0 Å². The molecule has 0 aromatic heterocycles. The molecule has 0 saturated heterocycles. The Morgan fingerprint density at radius 3 is 2.06 bits per heavy atom. The number of fused-ring (bicyclic) bond motifs is 3. The van der Waals surface area contributed by atoms with Gasteiger partial charge < -0.3 is 20.5 Å². The van der Waals surface area contributed by atoms with Gasteiger partial charge >= 0.3 is 18.2 Å². The zero-order valence-electron chi connectivity index (χ0n) is 19.1. The van der Waals surface area contributed by atoms with E-state index in [1.807, 2.05) is 48.5 Å². The third kappa shape index (κ3) is 6.74. The standard InChI is InChI=1S/C25H27F3N2O5/c1-2-7-15(12-23(32)33)29-22(31)13-21(25(26,27)28)30-24(34)35-14-20-18-10-5-3-8-16(18)17-9-4-6-11-19(17)20/h3-6,8-11,15,20-21H,2,7,12-14H2,1H3,(H,29,31)(H,30,34)(H,32,33)/t15-,21?/m1/s1. The van der Waals surface area contributed by atoms with Crippen LogP contribution < -0.4 is 10.6 Å². The lowest BCUT2D eigenvalue weighted by molar-refractivity contribution is -0.160. The van der Waals surface area contributed by atoms with Crippen molar-refractivity contribution in [2.45, 2.75) is 56.8 Å². The van der Waals surface area contributed by atoms with Crippen molar-refractivity contribution in [1.82, 2.24) is 10.6 Å². The zero-order chi connectivity index (χ0) is 25.6. The number of aliphatic carboxylic acids is 1. The number of halogens is 3. The second-order valence-electron chi connectivity index (χ2n) is 8.42. The molecule has 2 atom stereocenters. The largest absolute Gasteiger partial charge is 0.481 e. The summed E-state index contributed by atoms with van der Waals surface area (Å²) in [6.07, 6.45) is -6.86. The summed E-state index contributed by atoms with van der Waals surface area (Å²) in [5, 5.41) is 13.0. The fourth-order valence-corrected chi connectivity index (χ4v) is 4.29. The second kappa shape index (κ2) is 11.2. The molecule has 0 saturated carbocycles. The van der Waals surface area contributed by atoms with E-state index in [2.05, 4.69) is 5.32 Å². The van der Waals surface area contributed by atoms with E-state index in [9.17, 15) is 27.6 Å². The Morgan fingerprint density at radius 1 is 0.971 bits per heavy atom. The Kier molecular flexibility index (Phi) is 8.37. The molecule has 0 heterocycles. The number of alkyl carbamates (subject to hydrolysis) is 1. The van der Waals surface area contributed by atoms with Crippen LogP contribution in [0, 0.1) is 0 Å². The quantitative estimate of drug-likeness (QED) is 0.450. The number of nitrogens with one attached hydrogen (secondary N) is 2. The van der Waals surface area contributed by atoms with Gasteiger partial charge in [-0.1, -0.05) is 61.9 Å². The predicted molar refractivity (Wildman–Crippen MR) is 122 cm³/mol. The fraction of sp³-hybridized carbons (Fsp3) is 0.400. The van der Waals surface area contributed by atoms with E-state index in [-0.39, 0.29) is 12.5 Å². The maximum atomic E-state index is 13.5. The maximum absolute atomic E-state index is 13.5. The molecule has 0 radical (unpaired) electrons. The van der Waals surface area contributed by atoms with Crippen molar-refractivity contribution in [3.63, 3.8) is 0 Å². The van der Waals surface area contributed by atoms with Gasteiger partial charge in [0.1, 0.15) is 12.6 Å². The first kappa shape index (κ1) is 26.1. The average molecular weight is 492 g/mol. The number of alkyl halides is 3. The third-order valence-electron chi connectivity index (χ3n) is 5.84. The van der Waals surface area contributed by atoms with Gasteiger partial charge in [-0.15, -0.1) is 0 Å². The zero-order valence-corrected chi connectivity index (χ0v) is 19.1. The minimum absolute atomic E-state index is 0.173. The van der Waals surface area contributed by atoms with Crippen LogP contribution >= 0.6 is 0 Å². The van der Waals surface area contributed by atoms with E-state index in [0.29, 0.717) is 12.8 Å². The first-order valence-corrected chi connectivity index (χ1v) is 11.3. The first-order chi connectivity index (χ1) is 16.6. The van der Waals surface area contributed by atoms with Crippen LogP contribution in [-0.2, 0) is 14.3 Å². The SMILES string of the molecule is CCC[C@H](CC(=O)O)NC(=O)CC(NC(=O)OCC1c2ccccc2-c2ccccc21)C(F)(F)F. The highest BCUT2D eigenvalue weighted by molar-refractivity contribution is 5.80. The molecule has 1 aliphatic rings.